The fraction of sp³-hybridized carbons (Fsp3) is 0.150. The Morgan fingerprint density at radius 1 is 1.00 bits per heavy atom. The number of aromatic nitrogens is 7. The van der Waals surface area contributed by atoms with Crippen molar-refractivity contribution in [3.63, 3.8) is 0 Å². The summed E-state index contributed by atoms with van der Waals surface area (Å²) in [6.45, 7) is 2.11. The maximum absolute atomic E-state index is 4.79. The quantitative estimate of drug-likeness (QED) is 0.461. The maximum Gasteiger partial charge on any atom is 0.234 e. The average Bonchev–Trinajstić information content (AvgIpc) is 3.44. The van der Waals surface area contributed by atoms with Crippen molar-refractivity contribution in [3.8, 4) is 16.4 Å². The lowest BCUT2D eigenvalue weighted by Crippen LogP contribution is -2.03. The first-order valence-corrected chi connectivity index (χ1v) is 9.89. The van der Waals surface area contributed by atoms with E-state index in [-0.39, 0.29) is 0 Å². The summed E-state index contributed by atoms with van der Waals surface area (Å²) in [5, 5.41) is 18.9. The number of fused-ring (bicyclic) bond motifs is 1. The van der Waals surface area contributed by atoms with Crippen LogP contribution in [0.25, 0.3) is 21.3 Å². The summed E-state index contributed by atoms with van der Waals surface area (Å²) in [6.07, 6.45) is 5.15. The first-order valence-electron chi connectivity index (χ1n) is 9.07. The third-order valence-corrected chi connectivity index (χ3v) is 5.49. The van der Waals surface area contributed by atoms with Crippen molar-refractivity contribution in [3.05, 3.63) is 78.0 Å². The van der Waals surface area contributed by atoms with Crippen LogP contribution in [-0.4, -0.2) is 34.6 Å². The molecule has 5 rings (SSSR count). The van der Waals surface area contributed by atoms with Gasteiger partial charge in [0.15, 0.2) is 16.6 Å². The highest BCUT2D eigenvalue weighted by Gasteiger charge is 2.19. The van der Waals surface area contributed by atoms with Crippen molar-refractivity contribution in [1.29, 1.82) is 0 Å². The Balaban J connectivity index is 1.55. The number of nitrogens with zero attached hydrogens (tertiary/aromatic N) is 7. The Labute approximate surface area is 165 Å². The monoisotopic (exact) mass is 387 g/mol. The molecule has 0 radical (unpaired) electrons. The van der Waals surface area contributed by atoms with Crippen molar-refractivity contribution in [2.45, 2.75) is 19.8 Å². The van der Waals surface area contributed by atoms with Crippen LogP contribution in [-0.2, 0) is 12.8 Å². The molecule has 0 N–H and O–H groups in total. The molecule has 0 aliphatic heterocycles. The van der Waals surface area contributed by atoms with E-state index in [0.29, 0.717) is 6.42 Å². The Morgan fingerprint density at radius 3 is 2.64 bits per heavy atom. The van der Waals surface area contributed by atoms with Crippen molar-refractivity contribution < 1.29 is 0 Å². The molecule has 4 heterocycles. The SMILES string of the molecule is CCc1c(-c2nn3c(Cc4ccccc4)nnc3s2)cnn1-c1ccccn1. The van der Waals surface area contributed by atoms with Gasteiger partial charge in [0.25, 0.3) is 0 Å². The summed E-state index contributed by atoms with van der Waals surface area (Å²) in [4.78, 5) is 5.20. The molecule has 0 fully saturated rings. The lowest BCUT2D eigenvalue weighted by molar-refractivity contribution is 0.789. The van der Waals surface area contributed by atoms with Gasteiger partial charge in [0, 0.05) is 12.6 Å². The second-order valence-corrected chi connectivity index (χ2v) is 7.29. The minimum absolute atomic E-state index is 0.693. The van der Waals surface area contributed by atoms with Crippen LogP contribution < -0.4 is 0 Å². The second-order valence-electron chi connectivity index (χ2n) is 6.34. The lowest BCUT2D eigenvalue weighted by Gasteiger charge is -2.05. The molecule has 0 aliphatic rings. The highest BCUT2D eigenvalue weighted by Crippen LogP contribution is 2.30. The summed E-state index contributed by atoms with van der Waals surface area (Å²) in [5.74, 6) is 1.64. The van der Waals surface area contributed by atoms with Crippen LogP contribution in [0.2, 0.25) is 0 Å². The Morgan fingerprint density at radius 2 is 1.86 bits per heavy atom. The first kappa shape index (κ1) is 16.8. The molecular formula is C20H17N7S. The smallest absolute Gasteiger partial charge is 0.234 e. The topological polar surface area (TPSA) is 73.8 Å². The molecule has 8 heteroatoms. The van der Waals surface area contributed by atoms with E-state index in [1.165, 1.54) is 16.9 Å². The summed E-state index contributed by atoms with van der Waals surface area (Å²) in [7, 11) is 0. The Hall–Kier alpha value is -3.39. The summed E-state index contributed by atoms with van der Waals surface area (Å²) >= 11 is 1.52. The molecule has 138 valence electrons. The molecule has 1 aromatic carbocycles. The largest absolute Gasteiger partial charge is 0.237 e. The van der Waals surface area contributed by atoms with Crippen molar-refractivity contribution >= 4 is 16.3 Å². The minimum atomic E-state index is 0.693. The van der Waals surface area contributed by atoms with E-state index < -0.39 is 0 Å². The molecule has 0 saturated heterocycles. The molecule has 28 heavy (non-hydrogen) atoms. The molecule has 0 atom stereocenters. The van der Waals surface area contributed by atoms with Gasteiger partial charge in [-0.25, -0.2) is 9.67 Å². The number of benzene rings is 1. The minimum Gasteiger partial charge on any atom is -0.237 e. The molecular weight excluding hydrogens is 370 g/mol. The number of rotatable bonds is 5. The molecule has 0 aliphatic carbocycles. The number of hydrogen-bond acceptors (Lipinski definition) is 6. The van der Waals surface area contributed by atoms with E-state index in [1.54, 1.807) is 6.20 Å². The van der Waals surface area contributed by atoms with E-state index in [2.05, 4.69) is 39.3 Å². The van der Waals surface area contributed by atoms with E-state index in [1.807, 2.05) is 51.8 Å². The molecule has 0 bridgehead atoms. The van der Waals surface area contributed by atoms with Crippen molar-refractivity contribution in [1.82, 2.24) is 34.6 Å². The molecule has 0 spiro atoms. The van der Waals surface area contributed by atoms with Gasteiger partial charge in [0.2, 0.25) is 4.96 Å². The van der Waals surface area contributed by atoms with Crippen LogP contribution in [0.1, 0.15) is 24.0 Å². The zero-order valence-corrected chi connectivity index (χ0v) is 16.0. The van der Waals surface area contributed by atoms with Crippen LogP contribution in [0.4, 0.5) is 0 Å². The zero-order valence-electron chi connectivity index (χ0n) is 15.2. The highest BCUT2D eigenvalue weighted by molar-refractivity contribution is 7.19. The van der Waals surface area contributed by atoms with E-state index in [4.69, 9.17) is 5.10 Å². The van der Waals surface area contributed by atoms with Crippen LogP contribution in [0.5, 0.6) is 0 Å². The van der Waals surface area contributed by atoms with Crippen LogP contribution in [0.15, 0.2) is 60.9 Å². The van der Waals surface area contributed by atoms with Gasteiger partial charge in [-0.2, -0.15) is 14.7 Å². The third kappa shape index (κ3) is 2.87. The summed E-state index contributed by atoms with van der Waals surface area (Å²) in [6, 6.07) is 16.0. The number of hydrogen-bond donors (Lipinski definition) is 0. The van der Waals surface area contributed by atoms with Gasteiger partial charge in [-0.15, -0.1) is 10.2 Å². The lowest BCUT2D eigenvalue weighted by atomic mass is 10.1. The van der Waals surface area contributed by atoms with E-state index >= 15 is 0 Å². The van der Waals surface area contributed by atoms with E-state index in [0.717, 1.165) is 39.3 Å². The predicted octanol–water partition coefficient (Wildman–Crippen LogP) is 3.59. The summed E-state index contributed by atoms with van der Waals surface area (Å²) < 4.78 is 3.72. The zero-order chi connectivity index (χ0) is 18.9. The van der Waals surface area contributed by atoms with Crippen LogP contribution >= 0.6 is 11.3 Å². The van der Waals surface area contributed by atoms with Gasteiger partial charge >= 0.3 is 0 Å². The van der Waals surface area contributed by atoms with E-state index in [9.17, 15) is 0 Å². The van der Waals surface area contributed by atoms with Gasteiger partial charge in [-0.05, 0) is 24.1 Å². The van der Waals surface area contributed by atoms with Crippen molar-refractivity contribution in [2.24, 2.45) is 0 Å². The highest BCUT2D eigenvalue weighted by atomic mass is 32.1. The van der Waals surface area contributed by atoms with Crippen LogP contribution in [0.3, 0.4) is 0 Å². The molecule has 0 unspecified atom stereocenters. The van der Waals surface area contributed by atoms with Gasteiger partial charge in [0.1, 0.15) is 0 Å². The maximum atomic E-state index is 4.79. The standard InChI is InChI=1S/C20H17N7S/c1-2-16-15(13-22-26(16)17-10-6-7-11-21-17)19-25-27-18(23-24-20(27)28-19)12-14-8-4-3-5-9-14/h3-11,13H,2,12H2,1H3. The van der Waals surface area contributed by atoms with Gasteiger partial charge in [0.05, 0.1) is 17.5 Å². The van der Waals surface area contributed by atoms with Gasteiger partial charge < -0.3 is 0 Å². The fourth-order valence-corrected chi connectivity index (χ4v) is 4.11. The van der Waals surface area contributed by atoms with Gasteiger partial charge in [-0.1, -0.05) is 54.7 Å². The fourth-order valence-electron chi connectivity index (χ4n) is 3.22. The second kappa shape index (κ2) is 6.97. The molecule has 0 amide bonds. The van der Waals surface area contributed by atoms with Crippen molar-refractivity contribution in [2.75, 3.05) is 0 Å². The van der Waals surface area contributed by atoms with Crippen LogP contribution in [0, 0.1) is 0 Å². The number of pyridine rings is 1. The first-order chi connectivity index (χ1) is 13.8. The Kier molecular flexibility index (Phi) is 4.17. The molecule has 4 aromatic heterocycles. The molecule has 7 nitrogen and oxygen atoms in total. The normalized spacial score (nSPS) is 11.3. The summed E-state index contributed by atoms with van der Waals surface area (Å²) in [5.41, 5.74) is 3.27. The predicted molar refractivity (Wildman–Crippen MR) is 108 cm³/mol. The molecule has 5 aromatic rings. The molecule has 0 saturated carbocycles. The average molecular weight is 387 g/mol. The third-order valence-electron chi connectivity index (χ3n) is 4.56. The Bertz CT molecular complexity index is 1220. The van der Waals surface area contributed by atoms with Gasteiger partial charge in [-0.3, -0.25) is 0 Å².